The Labute approximate surface area is 109 Å². The molecule has 1 fully saturated rings. The maximum atomic E-state index is 13.1. The van der Waals surface area contributed by atoms with Crippen LogP contribution in [0.3, 0.4) is 0 Å². The molecule has 0 radical (unpaired) electrons. The molecule has 0 aromatic heterocycles. The van der Waals surface area contributed by atoms with Gasteiger partial charge in [-0.2, -0.15) is 13.2 Å². The van der Waals surface area contributed by atoms with Gasteiger partial charge in [-0.1, -0.05) is 18.2 Å². The molecule has 0 bridgehead atoms. The Bertz CT molecular complexity index is 534. The van der Waals surface area contributed by atoms with Gasteiger partial charge in [0.15, 0.2) is 0 Å². The van der Waals surface area contributed by atoms with Gasteiger partial charge >= 0.3 is 6.18 Å². The number of hydroxylamine groups is 1. The van der Waals surface area contributed by atoms with Gasteiger partial charge in [0.2, 0.25) is 0 Å². The lowest BCUT2D eigenvalue weighted by Gasteiger charge is -2.25. The summed E-state index contributed by atoms with van der Waals surface area (Å²) in [5, 5.41) is 0. The SMILES string of the molecule is CC1(c2ccccc2C(F)(F)F)C=C(C2CC2)ON1. The molecule has 1 unspecified atom stereocenters. The fourth-order valence-electron chi connectivity index (χ4n) is 2.39. The highest BCUT2D eigenvalue weighted by atomic mass is 19.4. The van der Waals surface area contributed by atoms with Crippen LogP contribution in [0.2, 0.25) is 0 Å². The number of hydrogen-bond acceptors (Lipinski definition) is 2. The zero-order chi connectivity index (χ0) is 13.7. The Morgan fingerprint density at radius 1 is 1.26 bits per heavy atom. The Hall–Kier alpha value is -1.49. The van der Waals surface area contributed by atoms with E-state index in [-0.39, 0.29) is 5.56 Å². The third-order valence-electron chi connectivity index (χ3n) is 3.58. The van der Waals surface area contributed by atoms with Crippen LogP contribution in [-0.4, -0.2) is 0 Å². The summed E-state index contributed by atoms with van der Waals surface area (Å²) >= 11 is 0. The summed E-state index contributed by atoms with van der Waals surface area (Å²) in [6.45, 7) is 1.70. The van der Waals surface area contributed by atoms with Gasteiger partial charge in [-0.25, -0.2) is 0 Å². The Morgan fingerprint density at radius 2 is 1.95 bits per heavy atom. The van der Waals surface area contributed by atoms with Crippen LogP contribution in [0.5, 0.6) is 0 Å². The number of allylic oxidation sites excluding steroid dienone is 1. The largest absolute Gasteiger partial charge is 0.416 e. The molecule has 19 heavy (non-hydrogen) atoms. The van der Waals surface area contributed by atoms with Gasteiger partial charge in [0, 0.05) is 5.92 Å². The first-order chi connectivity index (χ1) is 8.90. The summed E-state index contributed by atoms with van der Waals surface area (Å²) in [7, 11) is 0. The molecule has 0 amide bonds. The quantitative estimate of drug-likeness (QED) is 0.882. The van der Waals surface area contributed by atoms with Crippen molar-refractivity contribution in [3.63, 3.8) is 0 Å². The van der Waals surface area contributed by atoms with Gasteiger partial charge < -0.3 is 4.84 Å². The molecule has 0 spiro atoms. The fraction of sp³-hybridized carbons (Fsp3) is 0.429. The molecule has 102 valence electrons. The molecule has 1 aliphatic heterocycles. The van der Waals surface area contributed by atoms with Crippen LogP contribution >= 0.6 is 0 Å². The third kappa shape index (κ3) is 2.23. The van der Waals surface area contributed by atoms with Crippen LogP contribution in [0.1, 0.15) is 30.9 Å². The predicted octanol–water partition coefficient (Wildman–Crippen LogP) is 3.75. The minimum absolute atomic E-state index is 0.193. The lowest BCUT2D eigenvalue weighted by Crippen LogP contribution is -2.34. The lowest BCUT2D eigenvalue weighted by atomic mass is 9.88. The van der Waals surface area contributed by atoms with Crippen molar-refractivity contribution in [3.05, 3.63) is 47.2 Å². The fourth-order valence-corrected chi connectivity index (χ4v) is 2.39. The van der Waals surface area contributed by atoms with Crippen LogP contribution in [0.15, 0.2) is 36.1 Å². The van der Waals surface area contributed by atoms with Crippen molar-refractivity contribution >= 4 is 0 Å². The Balaban J connectivity index is 2.02. The molecule has 1 aromatic carbocycles. The van der Waals surface area contributed by atoms with Gasteiger partial charge in [0.1, 0.15) is 5.76 Å². The number of halogens is 3. The highest BCUT2D eigenvalue weighted by Gasteiger charge is 2.43. The highest BCUT2D eigenvalue weighted by molar-refractivity contribution is 5.40. The maximum absolute atomic E-state index is 13.1. The minimum Gasteiger partial charge on any atom is -0.412 e. The van der Waals surface area contributed by atoms with E-state index in [1.165, 1.54) is 12.1 Å². The minimum atomic E-state index is -4.36. The van der Waals surface area contributed by atoms with Crippen molar-refractivity contribution in [3.8, 4) is 0 Å². The molecule has 3 rings (SSSR count). The summed E-state index contributed by atoms with van der Waals surface area (Å²) in [4.78, 5) is 5.36. The first kappa shape index (κ1) is 12.5. The predicted molar refractivity (Wildman–Crippen MR) is 63.8 cm³/mol. The number of hydrogen-bond donors (Lipinski definition) is 1. The van der Waals surface area contributed by atoms with Crippen LogP contribution in [-0.2, 0) is 16.6 Å². The van der Waals surface area contributed by atoms with Gasteiger partial charge in [0.25, 0.3) is 0 Å². The van der Waals surface area contributed by atoms with Crippen LogP contribution < -0.4 is 5.48 Å². The normalized spacial score (nSPS) is 27.1. The molecule has 1 aromatic rings. The number of nitrogens with one attached hydrogen (secondary N) is 1. The zero-order valence-corrected chi connectivity index (χ0v) is 10.4. The van der Waals surface area contributed by atoms with Gasteiger partial charge in [0.05, 0.1) is 11.1 Å². The van der Waals surface area contributed by atoms with E-state index in [9.17, 15) is 13.2 Å². The van der Waals surface area contributed by atoms with Crippen LogP contribution in [0.25, 0.3) is 0 Å². The monoisotopic (exact) mass is 269 g/mol. The second kappa shape index (κ2) is 4.00. The van der Waals surface area contributed by atoms with Crippen molar-refractivity contribution in [2.75, 3.05) is 0 Å². The molecular formula is C14H14F3NO. The van der Waals surface area contributed by atoms with Gasteiger partial charge in [-0.3, -0.25) is 0 Å². The second-order valence-corrected chi connectivity index (χ2v) is 5.27. The first-order valence-electron chi connectivity index (χ1n) is 6.24. The average Bonchev–Trinajstić information content (AvgIpc) is 3.12. The van der Waals surface area contributed by atoms with Crippen molar-refractivity contribution in [1.82, 2.24) is 5.48 Å². The summed E-state index contributed by atoms with van der Waals surface area (Å²) in [5.41, 5.74) is 1.38. The standard InChI is InChI=1S/C14H14F3NO/c1-13(8-12(19-18-13)9-6-7-9)10-4-2-3-5-11(10)14(15,16)17/h2-5,8-9,18H,6-7H2,1H3. The molecule has 1 heterocycles. The average molecular weight is 269 g/mol. The first-order valence-corrected chi connectivity index (χ1v) is 6.24. The summed E-state index contributed by atoms with van der Waals surface area (Å²) in [5.74, 6) is 1.13. The van der Waals surface area contributed by atoms with Crippen LogP contribution in [0, 0.1) is 5.92 Å². The van der Waals surface area contributed by atoms with E-state index < -0.39 is 17.3 Å². The Morgan fingerprint density at radius 3 is 2.58 bits per heavy atom. The molecule has 1 aliphatic carbocycles. The van der Waals surface area contributed by atoms with E-state index in [2.05, 4.69) is 5.48 Å². The molecule has 1 atom stereocenters. The molecule has 5 heteroatoms. The van der Waals surface area contributed by atoms with Gasteiger partial charge in [-0.05, 0) is 37.5 Å². The summed E-state index contributed by atoms with van der Waals surface area (Å²) in [6, 6.07) is 5.61. The van der Waals surface area contributed by atoms with Crippen LogP contribution in [0.4, 0.5) is 13.2 Å². The summed E-state index contributed by atoms with van der Waals surface area (Å²) < 4.78 is 39.2. The van der Waals surface area contributed by atoms with Gasteiger partial charge in [-0.15, -0.1) is 5.48 Å². The third-order valence-corrected chi connectivity index (χ3v) is 3.58. The Kier molecular flexibility index (Phi) is 2.64. The number of rotatable bonds is 2. The van der Waals surface area contributed by atoms with Crippen molar-refractivity contribution in [2.45, 2.75) is 31.5 Å². The maximum Gasteiger partial charge on any atom is 0.416 e. The number of alkyl halides is 3. The smallest absolute Gasteiger partial charge is 0.412 e. The van der Waals surface area contributed by atoms with E-state index >= 15 is 0 Å². The second-order valence-electron chi connectivity index (χ2n) is 5.27. The zero-order valence-electron chi connectivity index (χ0n) is 10.4. The van der Waals surface area contributed by atoms with E-state index in [1.807, 2.05) is 0 Å². The summed E-state index contributed by atoms with van der Waals surface area (Å²) in [6.07, 6.45) is -0.498. The highest BCUT2D eigenvalue weighted by Crippen LogP contribution is 2.44. The van der Waals surface area contributed by atoms with E-state index in [0.717, 1.165) is 24.7 Å². The van der Waals surface area contributed by atoms with E-state index in [1.54, 1.807) is 19.1 Å². The number of benzene rings is 1. The van der Waals surface area contributed by atoms with Crippen molar-refractivity contribution in [1.29, 1.82) is 0 Å². The van der Waals surface area contributed by atoms with Crippen molar-refractivity contribution in [2.24, 2.45) is 5.92 Å². The lowest BCUT2D eigenvalue weighted by molar-refractivity contribution is -0.139. The molecule has 0 saturated heterocycles. The van der Waals surface area contributed by atoms with E-state index in [0.29, 0.717) is 5.92 Å². The van der Waals surface area contributed by atoms with E-state index in [4.69, 9.17) is 4.84 Å². The topological polar surface area (TPSA) is 21.3 Å². The van der Waals surface area contributed by atoms with Crippen molar-refractivity contribution < 1.29 is 18.0 Å². The molecule has 2 nitrogen and oxygen atoms in total. The molecule has 1 saturated carbocycles. The molecular weight excluding hydrogens is 255 g/mol. The molecule has 2 aliphatic rings. The molecule has 1 N–H and O–H groups in total.